The Morgan fingerprint density at radius 1 is 1.00 bits per heavy atom. The van der Waals surface area contributed by atoms with Crippen molar-refractivity contribution in [2.75, 3.05) is 0 Å². The molecule has 35 heavy (non-hydrogen) atoms. The summed E-state index contributed by atoms with van der Waals surface area (Å²) in [5.74, 6) is 7.85. The molecule has 0 aliphatic heterocycles. The molecule has 2 heterocycles. The van der Waals surface area contributed by atoms with E-state index in [1.54, 1.807) is 12.5 Å². The van der Waals surface area contributed by atoms with E-state index in [0.717, 1.165) is 72.3 Å². The molecule has 7 rings (SSSR count). The van der Waals surface area contributed by atoms with Gasteiger partial charge >= 0.3 is 0 Å². The summed E-state index contributed by atoms with van der Waals surface area (Å²) < 4.78 is 7.61. The molecule has 2 aromatic heterocycles. The highest BCUT2D eigenvalue weighted by atomic mass is 16.3. The first-order chi connectivity index (χ1) is 16.9. The quantitative estimate of drug-likeness (QED) is 0.540. The minimum Gasteiger partial charge on any atom is -0.444 e. The van der Waals surface area contributed by atoms with Crippen LogP contribution in [0.15, 0.2) is 29.3 Å². The minimum atomic E-state index is -0.411. The van der Waals surface area contributed by atoms with Crippen LogP contribution in [0.25, 0.3) is 11.5 Å². The molecule has 10 atom stereocenters. The Kier molecular flexibility index (Phi) is 5.28. The molecule has 0 saturated heterocycles. The maximum Gasteiger partial charge on any atom is 0.229 e. The van der Waals surface area contributed by atoms with E-state index in [-0.39, 0.29) is 0 Å². The van der Waals surface area contributed by atoms with Crippen molar-refractivity contribution in [2.45, 2.75) is 96.6 Å². The second-order valence-corrected chi connectivity index (χ2v) is 13.6. The molecule has 5 aliphatic rings. The van der Waals surface area contributed by atoms with Crippen molar-refractivity contribution >= 4 is 0 Å². The molecule has 1 N–H and O–H groups in total. The number of aliphatic hydroxyl groups is 1. The fraction of sp³-hybridized carbons (Fsp3) is 0.800. The first-order valence-electron chi connectivity index (χ1n) is 14.6. The molecule has 3 unspecified atom stereocenters. The smallest absolute Gasteiger partial charge is 0.229 e. The molecule has 5 nitrogen and oxygen atoms in total. The van der Waals surface area contributed by atoms with Gasteiger partial charge in [0.15, 0.2) is 0 Å². The normalized spacial score (nSPS) is 46.6. The number of rotatable bonds is 4. The molecule has 5 fully saturated rings. The van der Waals surface area contributed by atoms with Crippen LogP contribution in [0.5, 0.6) is 0 Å². The van der Waals surface area contributed by atoms with E-state index in [4.69, 9.17) is 4.42 Å². The fourth-order valence-electron chi connectivity index (χ4n) is 10.8. The number of oxazole rings is 1. The monoisotopic (exact) mass is 477 g/mol. The van der Waals surface area contributed by atoms with Crippen molar-refractivity contribution in [3.05, 3.63) is 24.9 Å². The fourth-order valence-corrected chi connectivity index (χ4v) is 10.8. The lowest BCUT2D eigenvalue weighted by Gasteiger charge is -2.58. The van der Waals surface area contributed by atoms with Crippen molar-refractivity contribution in [3.8, 4) is 11.5 Å². The number of aromatic nitrogens is 3. The molecular weight excluding hydrogens is 434 g/mol. The van der Waals surface area contributed by atoms with Gasteiger partial charge in [0.1, 0.15) is 6.26 Å². The van der Waals surface area contributed by atoms with Gasteiger partial charge in [0.25, 0.3) is 0 Å². The Morgan fingerprint density at radius 3 is 2.69 bits per heavy atom. The van der Waals surface area contributed by atoms with E-state index in [0.29, 0.717) is 11.3 Å². The highest BCUT2D eigenvalue weighted by molar-refractivity contribution is 5.49. The number of aryl methyl sites for hydroxylation is 1. The molecule has 5 saturated carbocycles. The average Bonchev–Trinajstić information content (AvgIpc) is 3.61. The van der Waals surface area contributed by atoms with E-state index >= 15 is 0 Å². The summed E-state index contributed by atoms with van der Waals surface area (Å²) in [6.07, 6.45) is 22.0. The van der Waals surface area contributed by atoms with Gasteiger partial charge in [-0.2, -0.15) is 5.10 Å². The Labute approximate surface area is 210 Å². The number of hydrogen-bond acceptors (Lipinski definition) is 4. The molecule has 0 spiro atoms. The predicted molar refractivity (Wildman–Crippen MR) is 135 cm³/mol. The molecule has 190 valence electrons. The van der Waals surface area contributed by atoms with E-state index in [1.807, 2.05) is 6.20 Å². The molecule has 0 radical (unpaired) electrons. The number of fused-ring (bicyclic) bond motifs is 7. The van der Waals surface area contributed by atoms with Gasteiger partial charge in [-0.3, -0.25) is 4.68 Å². The first-order valence-corrected chi connectivity index (χ1v) is 14.6. The summed E-state index contributed by atoms with van der Waals surface area (Å²) in [6.45, 7) is 5.80. The first kappa shape index (κ1) is 22.6. The largest absolute Gasteiger partial charge is 0.444 e. The Bertz CT molecular complexity index is 1040. The van der Waals surface area contributed by atoms with Crippen LogP contribution in [0.2, 0.25) is 0 Å². The molecule has 5 heteroatoms. The Balaban J connectivity index is 1.11. The number of nitrogens with zero attached hydrogens (tertiary/aromatic N) is 3. The Hall–Kier alpha value is -1.62. The van der Waals surface area contributed by atoms with Gasteiger partial charge in [-0.1, -0.05) is 13.3 Å². The minimum absolute atomic E-state index is 0.411. The van der Waals surface area contributed by atoms with Crippen LogP contribution in [-0.2, 0) is 6.54 Å². The van der Waals surface area contributed by atoms with Gasteiger partial charge in [0.2, 0.25) is 5.89 Å². The summed E-state index contributed by atoms with van der Waals surface area (Å²) in [5.41, 5.74) is 1.07. The van der Waals surface area contributed by atoms with Crippen molar-refractivity contribution in [1.29, 1.82) is 0 Å². The lowest BCUT2D eigenvalue weighted by Crippen LogP contribution is -2.51. The van der Waals surface area contributed by atoms with E-state index < -0.39 is 5.60 Å². The van der Waals surface area contributed by atoms with E-state index in [9.17, 15) is 5.11 Å². The highest BCUT2D eigenvalue weighted by Gasteiger charge is 2.64. The lowest BCUT2D eigenvalue weighted by molar-refractivity contribution is -0.107. The van der Waals surface area contributed by atoms with Crippen molar-refractivity contribution in [3.63, 3.8) is 0 Å². The SMILES string of the molecule is C[C@@]1(O)CC[C@H]2C(CCC3C4[C@@H]5CCC[C@@H]5[C@H](CCn5cc(-c6ncco6)cn5)[C@]4(C)CC[C@@H]32)C1. The topological polar surface area (TPSA) is 64.1 Å². The molecule has 0 amide bonds. The number of hydrogen-bond donors (Lipinski definition) is 1. The summed E-state index contributed by atoms with van der Waals surface area (Å²) in [5, 5.41) is 15.4. The van der Waals surface area contributed by atoms with Gasteiger partial charge in [-0.25, -0.2) is 4.98 Å². The maximum atomic E-state index is 10.8. The highest BCUT2D eigenvalue weighted by Crippen LogP contribution is 2.71. The van der Waals surface area contributed by atoms with Gasteiger partial charge in [0, 0.05) is 12.7 Å². The molecule has 5 aliphatic carbocycles. The van der Waals surface area contributed by atoms with Crippen LogP contribution in [0, 0.1) is 52.8 Å². The summed E-state index contributed by atoms with van der Waals surface area (Å²) in [7, 11) is 0. The second kappa shape index (κ2) is 8.19. The summed E-state index contributed by atoms with van der Waals surface area (Å²) >= 11 is 0. The van der Waals surface area contributed by atoms with Crippen molar-refractivity contribution in [2.24, 2.45) is 52.8 Å². The predicted octanol–water partition coefficient (Wildman–Crippen LogP) is 6.58. The van der Waals surface area contributed by atoms with Crippen LogP contribution < -0.4 is 0 Å². The van der Waals surface area contributed by atoms with E-state index in [2.05, 4.69) is 34.8 Å². The summed E-state index contributed by atoms with van der Waals surface area (Å²) in [6, 6.07) is 0. The lowest BCUT2D eigenvalue weighted by atomic mass is 9.48. The third kappa shape index (κ3) is 3.58. The van der Waals surface area contributed by atoms with Crippen molar-refractivity contribution in [1.82, 2.24) is 14.8 Å². The van der Waals surface area contributed by atoms with Gasteiger partial charge in [-0.05, 0) is 124 Å². The molecule has 0 bridgehead atoms. The van der Waals surface area contributed by atoms with Gasteiger partial charge in [0.05, 0.1) is 23.6 Å². The standard InChI is InChI=1S/C30H43N3O2/c1-29(34)11-8-21-19(16-29)6-7-25-22(21)9-12-30(2)26(23-4-3-5-24(23)27(25)30)10-14-33-18-20(17-32-33)28-31-13-15-35-28/h13,15,17-19,21-27,34H,3-12,14,16H2,1-2H3/t19?,21-,22+,23-,24+,25?,26-,27?,29+,30-/m0/s1. The zero-order valence-electron chi connectivity index (χ0n) is 21.6. The van der Waals surface area contributed by atoms with Gasteiger partial charge in [-0.15, -0.1) is 0 Å². The van der Waals surface area contributed by atoms with Crippen molar-refractivity contribution < 1.29 is 9.52 Å². The maximum absolute atomic E-state index is 10.8. The van der Waals surface area contributed by atoms with E-state index in [1.165, 1.54) is 57.8 Å². The Morgan fingerprint density at radius 2 is 1.83 bits per heavy atom. The zero-order chi connectivity index (χ0) is 23.8. The molecule has 2 aromatic rings. The third-order valence-electron chi connectivity index (χ3n) is 12.0. The van der Waals surface area contributed by atoms with Crippen LogP contribution in [0.1, 0.15) is 84.5 Å². The van der Waals surface area contributed by atoms with Crippen LogP contribution >= 0.6 is 0 Å². The van der Waals surface area contributed by atoms with Crippen LogP contribution in [-0.4, -0.2) is 25.5 Å². The van der Waals surface area contributed by atoms with Crippen LogP contribution in [0.4, 0.5) is 0 Å². The second-order valence-electron chi connectivity index (χ2n) is 13.6. The van der Waals surface area contributed by atoms with Crippen LogP contribution in [0.3, 0.4) is 0 Å². The zero-order valence-corrected chi connectivity index (χ0v) is 21.6. The third-order valence-corrected chi connectivity index (χ3v) is 12.0. The average molecular weight is 478 g/mol. The van der Waals surface area contributed by atoms with Gasteiger partial charge < -0.3 is 9.52 Å². The summed E-state index contributed by atoms with van der Waals surface area (Å²) in [4.78, 5) is 4.29. The molecular formula is C30H43N3O2. The molecule has 0 aromatic carbocycles.